The average molecular weight is 498 g/mol. The van der Waals surface area contributed by atoms with E-state index in [-0.39, 0.29) is 42.3 Å². The van der Waals surface area contributed by atoms with Crippen LogP contribution in [0.3, 0.4) is 0 Å². The Morgan fingerprint density at radius 1 is 1.00 bits per heavy atom. The first kappa shape index (κ1) is 27.7. The number of nitrogens with two attached hydrogens (primary N) is 1. The van der Waals surface area contributed by atoms with E-state index in [1.165, 1.54) is 44.4 Å². The zero-order valence-corrected chi connectivity index (χ0v) is 19.8. The van der Waals surface area contributed by atoms with Crippen molar-refractivity contribution in [3.63, 3.8) is 0 Å². The summed E-state index contributed by atoms with van der Waals surface area (Å²) < 4.78 is 10.2. The van der Waals surface area contributed by atoms with Crippen molar-refractivity contribution in [1.82, 2.24) is 4.90 Å². The van der Waals surface area contributed by atoms with Gasteiger partial charge in [-0.1, -0.05) is 12.1 Å². The molecule has 0 aliphatic heterocycles. The summed E-state index contributed by atoms with van der Waals surface area (Å²) in [5, 5.41) is 26.0. The SMILES string of the molecule is COCCCN(C(=O)C(C)=Cc1ccc(C(=O)Oc2ccc(C(=N)N)cc2)cc1)C(C(=O)O)C(=O)O. The summed E-state index contributed by atoms with van der Waals surface area (Å²) >= 11 is 0. The van der Waals surface area contributed by atoms with E-state index in [4.69, 9.17) is 20.6 Å². The highest BCUT2D eigenvalue weighted by Crippen LogP contribution is 2.17. The van der Waals surface area contributed by atoms with Crippen LogP contribution in [0.25, 0.3) is 6.08 Å². The molecule has 0 unspecified atom stereocenters. The van der Waals surface area contributed by atoms with Gasteiger partial charge < -0.3 is 30.3 Å². The molecule has 2 rings (SSSR count). The third-order valence-electron chi connectivity index (χ3n) is 5.03. The van der Waals surface area contributed by atoms with Crippen molar-refractivity contribution >= 4 is 35.7 Å². The van der Waals surface area contributed by atoms with E-state index in [1.807, 2.05) is 0 Å². The highest BCUT2D eigenvalue weighted by molar-refractivity contribution is 6.05. The molecule has 0 heterocycles. The number of nitrogen functional groups attached to an aromatic ring is 1. The molecule has 5 N–H and O–H groups in total. The van der Waals surface area contributed by atoms with Crippen LogP contribution in [0.15, 0.2) is 54.1 Å². The first-order chi connectivity index (χ1) is 17.0. The molecule has 2 aromatic rings. The van der Waals surface area contributed by atoms with Gasteiger partial charge >= 0.3 is 17.9 Å². The summed E-state index contributed by atoms with van der Waals surface area (Å²) in [4.78, 5) is 49.1. The molecule has 0 radical (unpaired) electrons. The zero-order valence-electron chi connectivity index (χ0n) is 19.8. The smallest absolute Gasteiger partial charge is 0.343 e. The normalized spacial score (nSPS) is 11.1. The van der Waals surface area contributed by atoms with Crippen LogP contribution in [0.1, 0.15) is 34.8 Å². The lowest BCUT2D eigenvalue weighted by Crippen LogP contribution is -2.50. The van der Waals surface area contributed by atoms with Gasteiger partial charge in [-0.25, -0.2) is 14.4 Å². The van der Waals surface area contributed by atoms with Crippen LogP contribution in [0.4, 0.5) is 0 Å². The van der Waals surface area contributed by atoms with Gasteiger partial charge in [0.2, 0.25) is 6.04 Å². The topological polar surface area (TPSA) is 180 Å². The first-order valence-electron chi connectivity index (χ1n) is 10.8. The molecule has 190 valence electrons. The molecule has 0 aliphatic carbocycles. The van der Waals surface area contributed by atoms with Gasteiger partial charge in [0, 0.05) is 31.4 Å². The molecular weight excluding hydrogens is 470 g/mol. The molecule has 0 spiro atoms. The van der Waals surface area contributed by atoms with Crippen LogP contribution in [0, 0.1) is 5.41 Å². The van der Waals surface area contributed by atoms with E-state index in [1.54, 1.807) is 24.3 Å². The summed E-state index contributed by atoms with van der Waals surface area (Å²) in [5.41, 5.74) is 6.77. The quantitative estimate of drug-likeness (QED) is 0.0648. The van der Waals surface area contributed by atoms with E-state index >= 15 is 0 Å². The Morgan fingerprint density at radius 2 is 1.56 bits per heavy atom. The van der Waals surface area contributed by atoms with Crippen molar-refractivity contribution in [2.45, 2.75) is 19.4 Å². The molecule has 2 aromatic carbocycles. The van der Waals surface area contributed by atoms with E-state index in [0.717, 1.165) is 4.90 Å². The summed E-state index contributed by atoms with van der Waals surface area (Å²) in [6.45, 7) is 1.54. The second-order valence-corrected chi connectivity index (χ2v) is 7.70. The number of carbonyl (C=O) groups is 4. The van der Waals surface area contributed by atoms with Gasteiger partial charge in [0.15, 0.2) is 0 Å². The lowest BCUT2D eigenvalue weighted by atomic mass is 10.1. The predicted molar refractivity (Wildman–Crippen MR) is 130 cm³/mol. The number of amides is 1. The van der Waals surface area contributed by atoms with Crippen molar-refractivity contribution in [3.05, 3.63) is 70.8 Å². The largest absolute Gasteiger partial charge is 0.479 e. The Morgan fingerprint density at radius 3 is 2.06 bits per heavy atom. The number of carboxylic acid groups (broad SMARTS) is 2. The molecule has 0 atom stereocenters. The second kappa shape index (κ2) is 12.8. The maximum Gasteiger partial charge on any atom is 0.343 e. The summed E-state index contributed by atoms with van der Waals surface area (Å²) in [6.07, 6.45) is 1.71. The minimum atomic E-state index is -2.04. The number of hydrogen-bond donors (Lipinski definition) is 4. The first-order valence-corrected chi connectivity index (χ1v) is 10.8. The number of rotatable bonds is 12. The van der Waals surface area contributed by atoms with E-state index in [2.05, 4.69) is 0 Å². The highest BCUT2D eigenvalue weighted by atomic mass is 16.5. The van der Waals surface area contributed by atoms with Crippen LogP contribution in [0.2, 0.25) is 0 Å². The summed E-state index contributed by atoms with van der Waals surface area (Å²) in [7, 11) is 1.44. The fraction of sp³-hybridized carbons (Fsp3) is 0.240. The number of benzene rings is 2. The Labute approximate surface area is 207 Å². The number of aliphatic carboxylic acids is 2. The Bertz CT molecular complexity index is 1140. The Hall–Kier alpha value is -4.51. The number of hydrogen-bond acceptors (Lipinski definition) is 7. The summed E-state index contributed by atoms with van der Waals surface area (Å²) in [5.74, 6) is -4.51. The van der Waals surface area contributed by atoms with Crippen molar-refractivity contribution in [1.29, 1.82) is 5.41 Å². The minimum absolute atomic E-state index is 0.107. The molecular formula is C25H27N3O8. The Kier molecular flexibility index (Phi) is 9.87. The van der Waals surface area contributed by atoms with Gasteiger partial charge in [0.1, 0.15) is 11.6 Å². The van der Waals surface area contributed by atoms with Gasteiger partial charge in [0.05, 0.1) is 5.56 Å². The standard InChI is InChI=1S/C25H27N3O8/c1-15(22(29)28(12-3-13-35-2)20(23(30)31)24(32)33)14-16-4-6-18(7-5-16)25(34)36-19-10-8-17(9-11-19)21(26)27/h4-11,14,20H,3,12-13H2,1-2H3,(H3,26,27)(H,30,31)(H,32,33). The van der Waals surface area contributed by atoms with Crippen molar-refractivity contribution < 1.29 is 38.9 Å². The lowest BCUT2D eigenvalue weighted by molar-refractivity contribution is -0.160. The van der Waals surface area contributed by atoms with Gasteiger partial charge in [-0.2, -0.15) is 0 Å². The number of methoxy groups -OCH3 is 1. The van der Waals surface area contributed by atoms with Gasteiger partial charge in [-0.05, 0) is 61.4 Å². The van der Waals surface area contributed by atoms with E-state index < -0.39 is 29.9 Å². The molecule has 0 bridgehead atoms. The van der Waals surface area contributed by atoms with Crippen LogP contribution in [-0.4, -0.2) is 71.1 Å². The molecule has 11 heteroatoms. The summed E-state index contributed by atoms with van der Waals surface area (Å²) in [6, 6.07) is 10.2. The van der Waals surface area contributed by atoms with Gasteiger partial charge in [-0.3, -0.25) is 10.2 Å². The van der Waals surface area contributed by atoms with Crippen LogP contribution >= 0.6 is 0 Å². The molecule has 11 nitrogen and oxygen atoms in total. The van der Waals surface area contributed by atoms with Crippen LogP contribution in [0.5, 0.6) is 5.75 Å². The molecule has 0 aliphatic rings. The van der Waals surface area contributed by atoms with Crippen LogP contribution in [-0.2, 0) is 19.1 Å². The minimum Gasteiger partial charge on any atom is -0.479 e. The monoisotopic (exact) mass is 497 g/mol. The van der Waals surface area contributed by atoms with Crippen LogP contribution < -0.4 is 10.5 Å². The molecule has 0 aromatic heterocycles. The second-order valence-electron chi connectivity index (χ2n) is 7.70. The average Bonchev–Trinajstić information content (AvgIpc) is 2.83. The molecule has 0 saturated heterocycles. The van der Waals surface area contributed by atoms with Crippen molar-refractivity contribution in [2.24, 2.45) is 5.73 Å². The number of nitrogens with one attached hydrogen (secondary N) is 1. The highest BCUT2D eigenvalue weighted by Gasteiger charge is 2.36. The molecule has 1 amide bonds. The van der Waals surface area contributed by atoms with Crippen molar-refractivity contribution in [2.75, 3.05) is 20.3 Å². The number of esters is 1. The number of carbonyl (C=O) groups excluding carboxylic acids is 2. The Balaban J connectivity index is 2.16. The number of ether oxygens (including phenoxy) is 2. The number of amidine groups is 1. The molecule has 0 fully saturated rings. The van der Waals surface area contributed by atoms with Crippen molar-refractivity contribution in [3.8, 4) is 5.75 Å². The van der Waals surface area contributed by atoms with E-state index in [0.29, 0.717) is 11.1 Å². The van der Waals surface area contributed by atoms with Gasteiger partial charge in [-0.15, -0.1) is 0 Å². The van der Waals surface area contributed by atoms with E-state index in [9.17, 15) is 29.4 Å². The van der Waals surface area contributed by atoms with Gasteiger partial charge in [0.25, 0.3) is 5.91 Å². The third-order valence-corrected chi connectivity index (χ3v) is 5.03. The maximum absolute atomic E-state index is 12.9. The fourth-order valence-electron chi connectivity index (χ4n) is 3.22. The molecule has 36 heavy (non-hydrogen) atoms. The lowest BCUT2D eigenvalue weighted by Gasteiger charge is -2.26. The number of nitrogens with zero attached hydrogens (tertiary/aromatic N) is 1. The zero-order chi connectivity index (χ0) is 26.8. The fourth-order valence-corrected chi connectivity index (χ4v) is 3.22. The third kappa shape index (κ3) is 7.50. The maximum atomic E-state index is 12.9. The number of carboxylic acids is 2. The predicted octanol–water partition coefficient (Wildman–Crippen LogP) is 2.00. The molecule has 0 saturated carbocycles.